The van der Waals surface area contributed by atoms with Gasteiger partial charge in [0.15, 0.2) is 0 Å². The van der Waals surface area contributed by atoms with E-state index in [-0.39, 0.29) is 48.1 Å². The van der Waals surface area contributed by atoms with Gasteiger partial charge in [0.1, 0.15) is 0 Å². The Morgan fingerprint density at radius 1 is 1.09 bits per heavy atom. The van der Waals surface area contributed by atoms with E-state index in [1.165, 1.54) is 7.11 Å². The molecule has 2 unspecified atom stereocenters. The van der Waals surface area contributed by atoms with Gasteiger partial charge in [0.2, 0.25) is 11.8 Å². The molecule has 1 aliphatic rings. The number of amides is 2. The Morgan fingerprint density at radius 2 is 1.71 bits per heavy atom. The van der Waals surface area contributed by atoms with Crippen LogP contribution in [0.1, 0.15) is 60.3 Å². The van der Waals surface area contributed by atoms with Crippen molar-refractivity contribution in [2.45, 2.75) is 90.6 Å². The topological polar surface area (TPSA) is 111 Å². The molecule has 0 aromatic carbocycles. The van der Waals surface area contributed by atoms with Gasteiger partial charge in [-0.2, -0.15) is 0 Å². The van der Waals surface area contributed by atoms with Crippen molar-refractivity contribution >= 4 is 17.8 Å². The maximum atomic E-state index is 13.5. The maximum Gasteiger partial charge on any atom is 0.311 e. The Kier molecular flexibility index (Phi) is 12.5. The fourth-order valence-corrected chi connectivity index (χ4v) is 5.00. The molecule has 34 heavy (non-hydrogen) atoms. The second kappa shape index (κ2) is 14.0. The van der Waals surface area contributed by atoms with E-state index in [0.29, 0.717) is 6.54 Å². The van der Waals surface area contributed by atoms with E-state index in [2.05, 4.69) is 13.8 Å². The average Bonchev–Trinajstić information content (AvgIpc) is 3.31. The quantitative estimate of drug-likeness (QED) is 0.398. The standard InChI is InChI=1S/C25H47N3O6/c1-10-16(4)22(27(6)24(30)21(26)15(2)3)19(32-7)14-20(29)28-13-11-12-18(28)23(33-8)17(5)25(31)34-9/h15-19,21-23H,10-14,26H2,1-9H3/t16-,17+,18?,19+,21?,22-,23+/m0/s1. The first-order valence-corrected chi connectivity index (χ1v) is 12.4. The summed E-state index contributed by atoms with van der Waals surface area (Å²) in [7, 11) is 6.23. The molecule has 1 fully saturated rings. The van der Waals surface area contributed by atoms with E-state index in [1.807, 2.05) is 13.8 Å². The number of hydrogen-bond donors (Lipinski definition) is 1. The van der Waals surface area contributed by atoms with Crippen LogP contribution < -0.4 is 5.73 Å². The van der Waals surface area contributed by atoms with Crippen LogP contribution in [-0.4, -0.2) is 92.8 Å². The highest BCUT2D eigenvalue weighted by atomic mass is 16.5. The molecule has 0 aromatic rings. The Balaban J connectivity index is 3.11. The summed E-state index contributed by atoms with van der Waals surface area (Å²) in [6.45, 7) is 10.3. The molecule has 2 N–H and O–H groups in total. The highest BCUT2D eigenvalue weighted by molar-refractivity contribution is 5.82. The molecule has 1 saturated heterocycles. The number of likely N-dealkylation sites (N-methyl/N-ethyl adjacent to an activating group) is 1. The Labute approximate surface area is 205 Å². The number of ether oxygens (including phenoxy) is 3. The van der Waals surface area contributed by atoms with Gasteiger partial charge in [0.05, 0.1) is 49.8 Å². The lowest BCUT2D eigenvalue weighted by atomic mass is 9.89. The summed E-state index contributed by atoms with van der Waals surface area (Å²) in [5, 5.41) is 0. The molecule has 0 aromatic heterocycles. The summed E-state index contributed by atoms with van der Waals surface area (Å²) in [6, 6.07) is -1.14. The van der Waals surface area contributed by atoms with E-state index in [0.717, 1.165) is 19.3 Å². The summed E-state index contributed by atoms with van der Waals surface area (Å²) in [6.07, 6.45) is 1.58. The van der Waals surface area contributed by atoms with Crippen LogP contribution >= 0.6 is 0 Å². The highest BCUT2D eigenvalue weighted by Crippen LogP contribution is 2.29. The van der Waals surface area contributed by atoms with E-state index < -0.39 is 24.2 Å². The van der Waals surface area contributed by atoms with Gasteiger partial charge < -0.3 is 29.7 Å². The molecule has 0 aliphatic carbocycles. The summed E-state index contributed by atoms with van der Waals surface area (Å²) >= 11 is 0. The number of likely N-dealkylation sites (tertiary alicyclic amines) is 1. The monoisotopic (exact) mass is 485 g/mol. The smallest absolute Gasteiger partial charge is 0.311 e. The van der Waals surface area contributed by atoms with Gasteiger partial charge >= 0.3 is 5.97 Å². The highest BCUT2D eigenvalue weighted by Gasteiger charge is 2.42. The molecule has 1 aliphatic heterocycles. The van der Waals surface area contributed by atoms with Crippen LogP contribution in [0.25, 0.3) is 0 Å². The van der Waals surface area contributed by atoms with Crippen LogP contribution in [0.4, 0.5) is 0 Å². The molecular weight excluding hydrogens is 438 g/mol. The third-order valence-corrected chi connectivity index (χ3v) is 7.42. The lowest BCUT2D eigenvalue weighted by Gasteiger charge is -2.40. The van der Waals surface area contributed by atoms with Crippen molar-refractivity contribution in [3.8, 4) is 0 Å². The molecule has 2 amide bonds. The minimum atomic E-state index is -0.616. The summed E-state index contributed by atoms with van der Waals surface area (Å²) in [5.74, 6) is -0.981. The minimum absolute atomic E-state index is 0.00305. The second-order valence-corrected chi connectivity index (χ2v) is 9.88. The molecule has 9 heteroatoms. The molecule has 1 heterocycles. The average molecular weight is 486 g/mol. The number of esters is 1. The Bertz CT molecular complexity index is 673. The van der Waals surface area contributed by atoms with Crippen molar-refractivity contribution in [3.05, 3.63) is 0 Å². The molecule has 7 atom stereocenters. The van der Waals surface area contributed by atoms with Crippen molar-refractivity contribution in [1.29, 1.82) is 0 Å². The lowest BCUT2D eigenvalue weighted by molar-refractivity contribution is -0.154. The number of methoxy groups -OCH3 is 3. The summed E-state index contributed by atoms with van der Waals surface area (Å²) in [5.41, 5.74) is 6.15. The van der Waals surface area contributed by atoms with Crippen molar-refractivity contribution in [3.63, 3.8) is 0 Å². The van der Waals surface area contributed by atoms with Crippen LogP contribution in [0.3, 0.4) is 0 Å². The van der Waals surface area contributed by atoms with Crippen molar-refractivity contribution < 1.29 is 28.6 Å². The number of carbonyl (C=O) groups excluding carboxylic acids is 3. The molecule has 1 rings (SSSR count). The van der Waals surface area contributed by atoms with Gasteiger partial charge in [-0.15, -0.1) is 0 Å². The lowest BCUT2D eigenvalue weighted by Crippen LogP contribution is -2.56. The fourth-order valence-electron chi connectivity index (χ4n) is 5.00. The number of nitrogens with zero attached hydrogens (tertiary/aromatic N) is 2. The molecule has 198 valence electrons. The predicted octanol–water partition coefficient (Wildman–Crippen LogP) is 2.06. The maximum absolute atomic E-state index is 13.5. The molecule has 9 nitrogen and oxygen atoms in total. The SMILES string of the molecule is CC[C@H](C)[C@@H]([C@@H](CC(=O)N1CCCC1[C@H](OC)[C@@H](C)C(=O)OC)OC)N(C)C(=O)C(N)C(C)C. The normalized spacial score (nSPS) is 21.5. The van der Waals surface area contributed by atoms with E-state index in [4.69, 9.17) is 19.9 Å². The van der Waals surface area contributed by atoms with Crippen LogP contribution in [0.5, 0.6) is 0 Å². The first kappa shape index (κ1) is 30.3. The van der Waals surface area contributed by atoms with Gasteiger partial charge in [-0.05, 0) is 31.6 Å². The first-order chi connectivity index (χ1) is 16.0. The predicted molar refractivity (Wildman–Crippen MR) is 131 cm³/mol. The zero-order valence-corrected chi connectivity index (χ0v) is 22.6. The van der Waals surface area contributed by atoms with E-state index >= 15 is 0 Å². The van der Waals surface area contributed by atoms with Crippen LogP contribution in [-0.2, 0) is 28.6 Å². The third-order valence-electron chi connectivity index (χ3n) is 7.42. The van der Waals surface area contributed by atoms with E-state index in [9.17, 15) is 14.4 Å². The second-order valence-electron chi connectivity index (χ2n) is 9.88. The van der Waals surface area contributed by atoms with E-state index in [1.54, 1.807) is 38.0 Å². The zero-order valence-electron chi connectivity index (χ0n) is 22.6. The molecule has 0 radical (unpaired) electrons. The van der Waals surface area contributed by atoms with Crippen LogP contribution in [0.2, 0.25) is 0 Å². The zero-order chi connectivity index (χ0) is 26.2. The van der Waals surface area contributed by atoms with Crippen molar-refractivity contribution in [2.24, 2.45) is 23.5 Å². The van der Waals surface area contributed by atoms with Crippen molar-refractivity contribution in [2.75, 3.05) is 34.9 Å². The minimum Gasteiger partial charge on any atom is -0.469 e. The van der Waals surface area contributed by atoms with Crippen molar-refractivity contribution in [1.82, 2.24) is 9.80 Å². The molecule has 0 spiro atoms. The summed E-state index contributed by atoms with van der Waals surface area (Å²) in [4.78, 5) is 42.2. The number of rotatable bonds is 13. The number of hydrogen-bond acceptors (Lipinski definition) is 7. The van der Waals surface area contributed by atoms with Gasteiger partial charge in [0.25, 0.3) is 0 Å². The van der Waals surface area contributed by atoms with Gasteiger partial charge in [-0.25, -0.2) is 0 Å². The molecule has 0 bridgehead atoms. The summed E-state index contributed by atoms with van der Waals surface area (Å²) < 4.78 is 16.4. The van der Waals surface area contributed by atoms with Crippen LogP contribution in [0.15, 0.2) is 0 Å². The number of carbonyl (C=O) groups is 3. The van der Waals surface area contributed by atoms with Crippen LogP contribution in [0, 0.1) is 17.8 Å². The third kappa shape index (κ3) is 7.15. The first-order valence-electron chi connectivity index (χ1n) is 12.4. The molecule has 0 saturated carbocycles. The fraction of sp³-hybridized carbons (Fsp3) is 0.880. The molecular formula is C25H47N3O6. The van der Waals surface area contributed by atoms with Gasteiger partial charge in [-0.3, -0.25) is 14.4 Å². The van der Waals surface area contributed by atoms with Gasteiger partial charge in [-0.1, -0.05) is 34.1 Å². The largest absolute Gasteiger partial charge is 0.469 e. The van der Waals surface area contributed by atoms with Gasteiger partial charge in [0, 0.05) is 27.8 Å². The Hall–Kier alpha value is -1.71. The number of nitrogens with two attached hydrogens (primary N) is 1. The Morgan fingerprint density at radius 3 is 2.18 bits per heavy atom.